The zero-order valence-electron chi connectivity index (χ0n) is 19.1. The molecule has 1 aliphatic carbocycles. The van der Waals surface area contributed by atoms with Gasteiger partial charge in [0, 0.05) is 48.5 Å². The summed E-state index contributed by atoms with van der Waals surface area (Å²) < 4.78 is 20.5. The third kappa shape index (κ3) is 4.16. The number of halogens is 1. The average molecular weight is 467 g/mol. The Bertz CT molecular complexity index is 1270. The van der Waals surface area contributed by atoms with E-state index in [9.17, 15) is 9.18 Å². The molecule has 0 bridgehead atoms. The number of ether oxygens (including phenoxy) is 1. The minimum absolute atomic E-state index is 0.0572. The third-order valence-corrected chi connectivity index (χ3v) is 6.63. The highest BCUT2D eigenvalue weighted by Gasteiger charge is 2.43. The van der Waals surface area contributed by atoms with Gasteiger partial charge in [-0.15, -0.1) is 0 Å². The molecule has 1 saturated heterocycles. The molecule has 1 aromatic carbocycles. The van der Waals surface area contributed by atoms with Gasteiger partial charge in [0.15, 0.2) is 5.82 Å². The highest BCUT2D eigenvalue weighted by molar-refractivity contribution is 5.99. The van der Waals surface area contributed by atoms with Gasteiger partial charge in [-0.3, -0.25) is 5.32 Å². The standard InChI is InChI=1S/C18H16FN5O3.C6H11N/c1-8-11(6-23-17-16(8)21-2-3-27-17)10-4-9-5-13(24-18(25)26)22-7-12(9)15(20)14(10)19;1-7-3-5-2-6(5)4-7/h4-7,21H,2-3,20H2,1H3,(H,22,24)(H,25,26);5-6H,2-4H2,1H3. The molecule has 10 heteroatoms. The number of anilines is 3. The Morgan fingerprint density at radius 1 is 1.26 bits per heavy atom. The maximum Gasteiger partial charge on any atom is 0.410 e. The van der Waals surface area contributed by atoms with Crippen LogP contribution in [-0.4, -0.2) is 59.4 Å². The van der Waals surface area contributed by atoms with Crippen LogP contribution in [0.25, 0.3) is 21.9 Å². The summed E-state index contributed by atoms with van der Waals surface area (Å²) in [4.78, 5) is 21.5. The van der Waals surface area contributed by atoms with E-state index in [4.69, 9.17) is 15.6 Å². The normalized spacial score (nSPS) is 20.3. The molecule has 2 fully saturated rings. The average Bonchev–Trinajstić information content (AvgIpc) is 3.43. The molecule has 1 saturated carbocycles. The molecule has 0 radical (unpaired) electrons. The van der Waals surface area contributed by atoms with Crippen LogP contribution in [0.4, 0.5) is 26.4 Å². The van der Waals surface area contributed by atoms with Gasteiger partial charge in [-0.2, -0.15) is 0 Å². The van der Waals surface area contributed by atoms with Crippen LogP contribution in [0, 0.1) is 24.6 Å². The highest BCUT2D eigenvalue weighted by Crippen LogP contribution is 2.44. The molecule has 4 heterocycles. The van der Waals surface area contributed by atoms with E-state index in [-0.39, 0.29) is 17.1 Å². The van der Waals surface area contributed by atoms with Gasteiger partial charge in [-0.1, -0.05) is 0 Å². The number of nitrogens with two attached hydrogens (primary N) is 1. The van der Waals surface area contributed by atoms with Gasteiger partial charge in [0.2, 0.25) is 5.88 Å². The number of piperidine rings is 1. The Morgan fingerprint density at radius 3 is 2.71 bits per heavy atom. The van der Waals surface area contributed by atoms with Crippen LogP contribution in [0.15, 0.2) is 24.5 Å². The number of pyridine rings is 2. The quantitative estimate of drug-likeness (QED) is 0.421. The van der Waals surface area contributed by atoms with E-state index in [1.54, 1.807) is 12.3 Å². The fourth-order valence-corrected chi connectivity index (χ4v) is 4.80. The van der Waals surface area contributed by atoms with E-state index in [0.29, 0.717) is 35.4 Å². The number of likely N-dealkylation sites (tertiary alicyclic amines) is 1. The van der Waals surface area contributed by atoms with Crippen molar-refractivity contribution in [3.8, 4) is 17.0 Å². The van der Waals surface area contributed by atoms with Crippen molar-refractivity contribution in [1.82, 2.24) is 14.9 Å². The van der Waals surface area contributed by atoms with E-state index in [2.05, 4.69) is 32.5 Å². The molecule has 2 atom stereocenters. The summed E-state index contributed by atoms with van der Waals surface area (Å²) in [6.07, 6.45) is 3.18. The number of carbonyl (C=O) groups is 1. The van der Waals surface area contributed by atoms with Gasteiger partial charge in [0.1, 0.15) is 18.1 Å². The molecule has 6 rings (SSSR count). The number of hydrogen-bond donors (Lipinski definition) is 4. The molecule has 2 aromatic heterocycles. The molecule has 3 aromatic rings. The summed E-state index contributed by atoms with van der Waals surface area (Å²) in [5.74, 6) is 2.26. The zero-order chi connectivity index (χ0) is 24.0. The van der Waals surface area contributed by atoms with Gasteiger partial charge in [-0.25, -0.2) is 19.2 Å². The highest BCUT2D eigenvalue weighted by atomic mass is 19.1. The van der Waals surface area contributed by atoms with E-state index in [1.807, 2.05) is 6.92 Å². The van der Waals surface area contributed by atoms with Crippen molar-refractivity contribution in [3.63, 3.8) is 0 Å². The predicted octanol–water partition coefficient (Wildman–Crippen LogP) is 3.79. The Morgan fingerprint density at radius 2 is 2.03 bits per heavy atom. The number of aromatic nitrogens is 2. The SMILES string of the molecule is CN1CC2CC2C1.Cc1c(-c2cc3cc(NC(=O)O)ncc3c(N)c2F)cnc2c1NCCO2. The van der Waals surface area contributed by atoms with E-state index in [0.717, 1.165) is 23.1 Å². The first kappa shape index (κ1) is 22.1. The first-order valence-electron chi connectivity index (χ1n) is 11.2. The summed E-state index contributed by atoms with van der Waals surface area (Å²) in [6.45, 7) is 5.76. The van der Waals surface area contributed by atoms with Crippen molar-refractivity contribution < 1.29 is 19.0 Å². The zero-order valence-corrected chi connectivity index (χ0v) is 19.1. The van der Waals surface area contributed by atoms with Gasteiger partial charge in [0.25, 0.3) is 0 Å². The van der Waals surface area contributed by atoms with Crippen molar-refractivity contribution in [2.24, 2.45) is 11.8 Å². The Kier molecular flexibility index (Phi) is 5.60. The second-order valence-corrected chi connectivity index (χ2v) is 9.10. The van der Waals surface area contributed by atoms with E-state index >= 15 is 0 Å². The predicted molar refractivity (Wildman–Crippen MR) is 129 cm³/mol. The van der Waals surface area contributed by atoms with Crippen molar-refractivity contribution >= 4 is 34.1 Å². The molecule has 3 aliphatic rings. The van der Waals surface area contributed by atoms with E-state index in [1.165, 1.54) is 31.8 Å². The lowest BCUT2D eigenvalue weighted by Crippen LogP contribution is -2.20. The number of fused-ring (bicyclic) bond motifs is 3. The summed E-state index contributed by atoms with van der Waals surface area (Å²) >= 11 is 0. The second kappa shape index (κ2) is 8.60. The van der Waals surface area contributed by atoms with Gasteiger partial charge < -0.3 is 25.8 Å². The van der Waals surface area contributed by atoms with Crippen LogP contribution in [-0.2, 0) is 0 Å². The number of nitrogens with zero attached hydrogens (tertiary/aromatic N) is 3. The van der Waals surface area contributed by atoms with Crippen LogP contribution in [0.2, 0.25) is 0 Å². The number of rotatable bonds is 2. The largest absolute Gasteiger partial charge is 0.474 e. The van der Waals surface area contributed by atoms with Crippen LogP contribution < -0.4 is 21.1 Å². The fourth-order valence-electron chi connectivity index (χ4n) is 4.80. The molecule has 2 unspecified atom stereocenters. The monoisotopic (exact) mass is 466 g/mol. The molecular formula is C24H27FN6O3. The lowest BCUT2D eigenvalue weighted by molar-refractivity contribution is 0.209. The van der Waals surface area contributed by atoms with Gasteiger partial charge in [0.05, 0.1) is 5.69 Å². The molecule has 34 heavy (non-hydrogen) atoms. The molecule has 178 valence electrons. The van der Waals surface area contributed by atoms with Crippen LogP contribution in [0.3, 0.4) is 0 Å². The maximum absolute atomic E-state index is 15.0. The number of nitrogen functional groups attached to an aromatic ring is 1. The number of carboxylic acid groups (broad SMARTS) is 1. The van der Waals surface area contributed by atoms with Crippen LogP contribution in [0.5, 0.6) is 5.88 Å². The Labute approximate surface area is 196 Å². The summed E-state index contributed by atoms with van der Waals surface area (Å²) in [5, 5.41) is 15.2. The third-order valence-electron chi connectivity index (χ3n) is 6.63. The molecular weight excluding hydrogens is 439 g/mol. The lowest BCUT2D eigenvalue weighted by atomic mass is 9.97. The summed E-state index contributed by atoms with van der Waals surface area (Å²) in [7, 11) is 2.21. The first-order valence-corrected chi connectivity index (χ1v) is 11.2. The number of amides is 1. The maximum atomic E-state index is 15.0. The van der Waals surface area contributed by atoms with Gasteiger partial charge >= 0.3 is 6.09 Å². The molecule has 2 aliphatic heterocycles. The molecule has 9 nitrogen and oxygen atoms in total. The Hall–Kier alpha value is -3.66. The topological polar surface area (TPSA) is 126 Å². The number of hydrogen-bond acceptors (Lipinski definition) is 7. The van der Waals surface area contributed by atoms with Crippen molar-refractivity contribution in [3.05, 3.63) is 35.9 Å². The molecule has 0 spiro atoms. The van der Waals surface area contributed by atoms with Crippen molar-refractivity contribution in [2.45, 2.75) is 13.3 Å². The van der Waals surface area contributed by atoms with Crippen LogP contribution in [0.1, 0.15) is 12.0 Å². The smallest absolute Gasteiger partial charge is 0.410 e. The minimum atomic E-state index is -1.24. The molecule has 1 amide bonds. The molecule has 5 N–H and O–H groups in total. The van der Waals surface area contributed by atoms with Crippen molar-refractivity contribution in [2.75, 3.05) is 49.7 Å². The van der Waals surface area contributed by atoms with Crippen LogP contribution >= 0.6 is 0 Å². The summed E-state index contributed by atoms with van der Waals surface area (Å²) in [5.41, 5.74) is 8.28. The summed E-state index contributed by atoms with van der Waals surface area (Å²) in [6, 6.07) is 3.11. The first-order chi connectivity index (χ1) is 16.3. The number of benzene rings is 1. The Balaban J connectivity index is 0.000000290. The second-order valence-electron chi connectivity index (χ2n) is 9.10. The lowest BCUT2D eigenvalue weighted by Gasteiger charge is -2.22. The van der Waals surface area contributed by atoms with Crippen molar-refractivity contribution in [1.29, 1.82) is 0 Å². The van der Waals surface area contributed by atoms with E-state index < -0.39 is 11.9 Å². The number of nitrogens with one attached hydrogen (secondary N) is 2. The fraction of sp³-hybridized carbons (Fsp3) is 0.375. The minimum Gasteiger partial charge on any atom is -0.474 e. The van der Waals surface area contributed by atoms with Gasteiger partial charge in [-0.05, 0) is 55.3 Å².